The van der Waals surface area contributed by atoms with Crippen LogP contribution in [0.15, 0.2) is 34.8 Å². The summed E-state index contributed by atoms with van der Waals surface area (Å²) in [6.07, 6.45) is 0. The highest BCUT2D eigenvalue weighted by atomic mass is 79.9. The van der Waals surface area contributed by atoms with Gasteiger partial charge in [0.15, 0.2) is 0 Å². The number of nitrogens with one attached hydrogen (secondary N) is 1. The summed E-state index contributed by atoms with van der Waals surface area (Å²) in [7, 11) is 0. The number of nitrogens with zero attached hydrogens (tertiary/aromatic N) is 3. The molecule has 90 valence electrons. The van der Waals surface area contributed by atoms with Crippen LogP contribution in [-0.4, -0.2) is 9.97 Å². The van der Waals surface area contributed by atoms with Gasteiger partial charge in [0, 0.05) is 16.7 Å². The van der Waals surface area contributed by atoms with E-state index in [9.17, 15) is 0 Å². The molecule has 5 heteroatoms. The maximum absolute atomic E-state index is 8.83. The maximum Gasteiger partial charge on any atom is 0.224 e. The first-order valence-electron chi connectivity index (χ1n) is 5.41. The minimum Gasteiger partial charge on any atom is -0.350 e. The fraction of sp³-hybridized carbons (Fsp3) is 0.154. The fourth-order valence-electron chi connectivity index (χ4n) is 1.53. The number of aromatic nitrogens is 2. The van der Waals surface area contributed by atoms with Crippen molar-refractivity contribution in [2.75, 3.05) is 5.32 Å². The van der Waals surface area contributed by atoms with Gasteiger partial charge in [-0.25, -0.2) is 9.97 Å². The first kappa shape index (κ1) is 12.5. The van der Waals surface area contributed by atoms with E-state index in [0.29, 0.717) is 18.2 Å². The van der Waals surface area contributed by atoms with Gasteiger partial charge in [-0.3, -0.25) is 0 Å². The van der Waals surface area contributed by atoms with Crippen LogP contribution in [0.25, 0.3) is 0 Å². The zero-order valence-corrected chi connectivity index (χ0v) is 11.4. The van der Waals surface area contributed by atoms with Gasteiger partial charge in [0.2, 0.25) is 5.95 Å². The molecule has 0 radical (unpaired) electrons. The number of nitriles is 1. The number of benzene rings is 1. The zero-order chi connectivity index (χ0) is 13.0. The van der Waals surface area contributed by atoms with Crippen molar-refractivity contribution < 1.29 is 0 Å². The number of hydrogen-bond donors (Lipinski definition) is 1. The molecule has 1 aromatic carbocycles. The highest BCUT2D eigenvalue weighted by molar-refractivity contribution is 9.10. The number of aryl methyl sites for hydroxylation is 1. The molecule has 0 atom stereocenters. The van der Waals surface area contributed by atoms with Gasteiger partial charge < -0.3 is 5.32 Å². The Morgan fingerprint density at radius 2 is 2.17 bits per heavy atom. The van der Waals surface area contributed by atoms with Gasteiger partial charge in [0.05, 0.1) is 0 Å². The molecule has 0 saturated carbocycles. The smallest absolute Gasteiger partial charge is 0.224 e. The summed E-state index contributed by atoms with van der Waals surface area (Å²) < 4.78 is 1.03. The van der Waals surface area contributed by atoms with Crippen molar-refractivity contribution in [1.82, 2.24) is 9.97 Å². The van der Waals surface area contributed by atoms with Crippen molar-refractivity contribution in [3.8, 4) is 6.07 Å². The van der Waals surface area contributed by atoms with E-state index < -0.39 is 0 Å². The molecular formula is C13H11BrN4. The highest BCUT2D eigenvalue weighted by Gasteiger charge is 2.01. The van der Waals surface area contributed by atoms with Crippen LogP contribution in [0.1, 0.15) is 17.0 Å². The SMILES string of the molecule is Cc1cc(C#N)nc(NCc2cccc(Br)c2)n1. The molecule has 0 fully saturated rings. The normalized spacial score (nSPS) is 9.83. The van der Waals surface area contributed by atoms with Crippen molar-refractivity contribution in [2.45, 2.75) is 13.5 Å². The summed E-state index contributed by atoms with van der Waals surface area (Å²) in [5, 5.41) is 11.9. The monoisotopic (exact) mass is 302 g/mol. The van der Waals surface area contributed by atoms with Crippen LogP contribution in [0, 0.1) is 18.3 Å². The first-order valence-corrected chi connectivity index (χ1v) is 6.21. The molecule has 0 aliphatic heterocycles. The van der Waals surface area contributed by atoms with Crippen molar-refractivity contribution in [3.63, 3.8) is 0 Å². The molecule has 2 aromatic rings. The summed E-state index contributed by atoms with van der Waals surface area (Å²) in [6, 6.07) is 11.7. The average molecular weight is 303 g/mol. The molecule has 18 heavy (non-hydrogen) atoms. The van der Waals surface area contributed by atoms with Crippen molar-refractivity contribution in [2.24, 2.45) is 0 Å². The summed E-state index contributed by atoms with van der Waals surface area (Å²) >= 11 is 3.42. The van der Waals surface area contributed by atoms with E-state index in [-0.39, 0.29) is 0 Å². The average Bonchev–Trinajstić information content (AvgIpc) is 2.36. The van der Waals surface area contributed by atoms with Crippen molar-refractivity contribution in [3.05, 3.63) is 51.8 Å². The van der Waals surface area contributed by atoms with Crippen LogP contribution in [-0.2, 0) is 6.54 Å². The predicted molar refractivity (Wildman–Crippen MR) is 73.0 cm³/mol. The third-order valence-electron chi connectivity index (χ3n) is 2.31. The third kappa shape index (κ3) is 3.28. The number of rotatable bonds is 3. The Bertz CT molecular complexity index is 604. The Labute approximate surface area is 114 Å². The largest absolute Gasteiger partial charge is 0.350 e. The van der Waals surface area contributed by atoms with Gasteiger partial charge >= 0.3 is 0 Å². The Balaban J connectivity index is 2.11. The second-order valence-electron chi connectivity index (χ2n) is 3.81. The second-order valence-corrected chi connectivity index (χ2v) is 4.73. The van der Waals surface area contributed by atoms with Crippen LogP contribution in [0.3, 0.4) is 0 Å². The summed E-state index contributed by atoms with van der Waals surface area (Å²) in [4.78, 5) is 8.33. The quantitative estimate of drug-likeness (QED) is 0.946. The molecular weight excluding hydrogens is 292 g/mol. The van der Waals surface area contributed by atoms with Crippen LogP contribution in [0.5, 0.6) is 0 Å². The molecule has 1 aromatic heterocycles. The minimum absolute atomic E-state index is 0.374. The van der Waals surface area contributed by atoms with Crippen molar-refractivity contribution in [1.29, 1.82) is 5.26 Å². The molecule has 2 rings (SSSR count). The number of anilines is 1. The lowest BCUT2D eigenvalue weighted by Crippen LogP contribution is -2.05. The lowest BCUT2D eigenvalue weighted by Gasteiger charge is -2.06. The van der Waals surface area contributed by atoms with E-state index in [1.54, 1.807) is 6.07 Å². The zero-order valence-electron chi connectivity index (χ0n) is 9.81. The molecule has 0 aliphatic rings. The Morgan fingerprint density at radius 1 is 1.33 bits per heavy atom. The molecule has 1 heterocycles. The maximum atomic E-state index is 8.83. The molecule has 0 saturated heterocycles. The third-order valence-corrected chi connectivity index (χ3v) is 2.80. The summed E-state index contributed by atoms with van der Waals surface area (Å²) in [5.41, 5.74) is 2.27. The van der Waals surface area contributed by atoms with E-state index >= 15 is 0 Å². The topological polar surface area (TPSA) is 61.6 Å². The molecule has 1 N–H and O–H groups in total. The van der Waals surface area contributed by atoms with Gasteiger partial charge in [-0.2, -0.15) is 5.26 Å². The van der Waals surface area contributed by atoms with Gasteiger partial charge in [0.1, 0.15) is 11.8 Å². The molecule has 0 aliphatic carbocycles. The molecule has 4 nitrogen and oxygen atoms in total. The lowest BCUT2D eigenvalue weighted by molar-refractivity contribution is 1.02. The van der Waals surface area contributed by atoms with Gasteiger partial charge in [-0.05, 0) is 30.7 Å². The standard InChI is InChI=1S/C13H11BrN4/c1-9-5-12(7-15)18-13(17-9)16-8-10-3-2-4-11(14)6-10/h2-6H,8H2,1H3,(H,16,17,18). The number of halogens is 1. The van der Waals surface area contributed by atoms with E-state index in [0.717, 1.165) is 15.7 Å². The molecule has 0 bridgehead atoms. The number of hydrogen-bond acceptors (Lipinski definition) is 4. The van der Waals surface area contributed by atoms with Gasteiger partial charge in [-0.1, -0.05) is 28.1 Å². The van der Waals surface area contributed by atoms with Crippen LogP contribution >= 0.6 is 15.9 Å². The van der Waals surface area contributed by atoms with Crippen LogP contribution in [0.4, 0.5) is 5.95 Å². The van der Waals surface area contributed by atoms with Gasteiger partial charge in [0.25, 0.3) is 0 Å². The Hall–Kier alpha value is -1.93. The predicted octanol–water partition coefficient (Wildman–Crippen LogP) is 3.03. The molecule has 0 spiro atoms. The van der Waals surface area contributed by atoms with E-state index in [1.807, 2.05) is 37.3 Å². The second kappa shape index (κ2) is 5.61. The van der Waals surface area contributed by atoms with Gasteiger partial charge in [-0.15, -0.1) is 0 Å². The fourth-order valence-corrected chi connectivity index (χ4v) is 1.98. The summed E-state index contributed by atoms with van der Waals surface area (Å²) in [6.45, 7) is 2.46. The minimum atomic E-state index is 0.374. The lowest BCUT2D eigenvalue weighted by atomic mass is 10.2. The Morgan fingerprint density at radius 3 is 2.89 bits per heavy atom. The van der Waals surface area contributed by atoms with E-state index in [4.69, 9.17) is 5.26 Å². The first-order chi connectivity index (χ1) is 8.67. The van der Waals surface area contributed by atoms with Crippen LogP contribution in [0.2, 0.25) is 0 Å². The van der Waals surface area contributed by atoms with Crippen LogP contribution < -0.4 is 5.32 Å². The Kier molecular flexibility index (Phi) is 3.90. The highest BCUT2D eigenvalue weighted by Crippen LogP contribution is 2.13. The van der Waals surface area contributed by atoms with E-state index in [2.05, 4.69) is 31.2 Å². The molecule has 0 unspecified atom stereocenters. The van der Waals surface area contributed by atoms with Crippen molar-refractivity contribution >= 4 is 21.9 Å². The molecule has 0 amide bonds. The summed E-state index contributed by atoms with van der Waals surface area (Å²) in [5.74, 6) is 0.478. The van der Waals surface area contributed by atoms with E-state index in [1.165, 1.54) is 0 Å².